The van der Waals surface area contributed by atoms with E-state index in [0.717, 1.165) is 5.56 Å². The fourth-order valence-corrected chi connectivity index (χ4v) is 7.97. The van der Waals surface area contributed by atoms with Crippen molar-refractivity contribution in [1.82, 2.24) is 20.1 Å². The first-order valence-corrected chi connectivity index (χ1v) is 19.0. The number of aromatic nitrogens is 1. The number of carbonyl (C=O) groups is 3. The summed E-state index contributed by atoms with van der Waals surface area (Å²) in [6.07, 6.45) is 2.34. The van der Waals surface area contributed by atoms with E-state index >= 15 is 0 Å². The van der Waals surface area contributed by atoms with Gasteiger partial charge in [-0.15, -0.1) is 6.58 Å². The highest BCUT2D eigenvalue weighted by atomic mass is 32.2. The molecule has 0 bridgehead atoms. The molecule has 14 heteroatoms. The molecule has 6 rings (SSSR count). The smallest absolute Gasteiger partial charge is 0.304 e. The predicted octanol–water partition coefficient (Wildman–Crippen LogP) is 4.47. The van der Waals surface area contributed by atoms with E-state index in [-0.39, 0.29) is 25.5 Å². The van der Waals surface area contributed by atoms with E-state index in [0.29, 0.717) is 47.4 Å². The summed E-state index contributed by atoms with van der Waals surface area (Å²) < 4.78 is 36.9. The van der Waals surface area contributed by atoms with Gasteiger partial charge in [-0.25, -0.2) is 13.4 Å². The summed E-state index contributed by atoms with van der Waals surface area (Å²) in [7, 11) is -2.05. The zero-order valence-electron chi connectivity index (χ0n) is 29.8. The summed E-state index contributed by atoms with van der Waals surface area (Å²) in [5.41, 5.74) is 0.502. The Morgan fingerprint density at radius 2 is 1.87 bits per heavy atom. The highest BCUT2D eigenvalue weighted by Crippen LogP contribution is 2.45. The fraction of sp³-hybridized carbons (Fsp3) is 0.474. The van der Waals surface area contributed by atoms with Gasteiger partial charge < -0.3 is 24.8 Å². The lowest BCUT2D eigenvalue weighted by Gasteiger charge is -2.34. The topological polar surface area (TPSA) is 173 Å². The maximum atomic E-state index is 14.3. The van der Waals surface area contributed by atoms with Crippen LogP contribution in [0.4, 0.5) is 0 Å². The van der Waals surface area contributed by atoms with Crippen LogP contribution >= 0.6 is 0 Å². The number of aliphatic carboxylic acids is 1. The third-order valence-corrected chi connectivity index (χ3v) is 11.9. The molecule has 1 saturated heterocycles. The number of ether oxygens (including phenoxy) is 2. The standard InChI is InChI=1S/C38H46N4O9S/c1-6-24-20-38(24,22-50-41-52(47,48)27-13-14-27)40-35(45)32-17-26(21-42(32)36(46)29(18-34(43)44)37(2,3)4)51-33-19-30(23-10-8-7-9-11-23)39-31-16-25(49-5)12-15-28(31)33/h6-12,15-16,19,24,26-27,29,32,41H,1,13-14,17-18,20-22H2,2-5H3,(H,40,45)(H,43,44). The van der Waals surface area contributed by atoms with Gasteiger partial charge in [0.2, 0.25) is 21.8 Å². The van der Waals surface area contributed by atoms with Crippen molar-refractivity contribution in [3.05, 3.63) is 67.3 Å². The Labute approximate surface area is 303 Å². The highest BCUT2D eigenvalue weighted by Gasteiger charge is 2.56. The molecule has 1 aliphatic heterocycles. The third-order valence-electron chi connectivity index (χ3n) is 10.2. The van der Waals surface area contributed by atoms with E-state index in [4.69, 9.17) is 19.3 Å². The Bertz CT molecular complexity index is 1960. The highest BCUT2D eigenvalue weighted by molar-refractivity contribution is 7.90. The molecule has 13 nitrogen and oxygen atoms in total. The predicted molar refractivity (Wildman–Crippen MR) is 194 cm³/mol. The normalized spacial score (nSPS) is 23.5. The largest absolute Gasteiger partial charge is 0.497 e. The van der Waals surface area contributed by atoms with Crippen LogP contribution in [-0.4, -0.2) is 84.4 Å². The number of methoxy groups -OCH3 is 1. The van der Waals surface area contributed by atoms with Gasteiger partial charge in [0.05, 0.1) is 54.6 Å². The molecule has 3 N–H and O–H groups in total. The number of benzene rings is 2. The maximum absolute atomic E-state index is 14.3. The van der Waals surface area contributed by atoms with E-state index in [1.807, 2.05) is 48.5 Å². The second kappa shape index (κ2) is 14.5. The van der Waals surface area contributed by atoms with Gasteiger partial charge in [0.15, 0.2) is 0 Å². The van der Waals surface area contributed by atoms with Crippen molar-refractivity contribution in [1.29, 1.82) is 0 Å². The second-order valence-electron chi connectivity index (χ2n) is 15.1. The van der Waals surface area contributed by atoms with Crippen LogP contribution in [0, 0.1) is 17.3 Å². The molecule has 278 valence electrons. The monoisotopic (exact) mass is 734 g/mol. The Morgan fingerprint density at radius 3 is 2.48 bits per heavy atom. The minimum atomic E-state index is -3.62. The molecule has 52 heavy (non-hydrogen) atoms. The summed E-state index contributed by atoms with van der Waals surface area (Å²) in [6, 6.07) is 15.9. The van der Waals surface area contributed by atoms with Gasteiger partial charge in [-0.05, 0) is 36.8 Å². The van der Waals surface area contributed by atoms with Gasteiger partial charge in [0.25, 0.3) is 0 Å². The molecule has 5 unspecified atom stereocenters. The van der Waals surface area contributed by atoms with Crippen molar-refractivity contribution in [2.24, 2.45) is 17.3 Å². The molecule has 3 aliphatic rings. The van der Waals surface area contributed by atoms with Crippen LogP contribution in [0.5, 0.6) is 11.5 Å². The number of rotatable bonds is 15. The van der Waals surface area contributed by atoms with E-state index in [2.05, 4.69) is 16.8 Å². The molecule has 5 atom stereocenters. The van der Waals surface area contributed by atoms with E-state index in [1.54, 1.807) is 40.0 Å². The molecule has 0 spiro atoms. The second-order valence-corrected chi connectivity index (χ2v) is 17.0. The number of carboxylic acids is 1. The van der Waals surface area contributed by atoms with Crippen molar-refractivity contribution < 1.29 is 42.2 Å². The molecule has 3 fully saturated rings. The van der Waals surface area contributed by atoms with Crippen LogP contribution in [0.2, 0.25) is 0 Å². The van der Waals surface area contributed by atoms with Crippen molar-refractivity contribution in [2.45, 2.75) is 75.8 Å². The Kier molecular flexibility index (Phi) is 10.4. The van der Waals surface area contributed by atoms with E-state index in [1.165, 1.54) is 4.90 Å². The summed E-state index contributed by atoms with van der Waals surface area (Å²) in [5, 5.41) is 13.0. The molecule has 2 heterocycles. The van der Waals surface area contributed by atoms with Crippen LogP contribution < -0.4 is 19.7 Å². The number of nitrogens with one attached hydrogen (secondary N) is 2. The molecule has 2 saturated carbocycles. The number of amides is 2. The molecule has 3 aromatic rings. The van der Waals surface area contributed by atoms with Gasteiger partial charge in [-0.2, -0.15) is 0 Å². The van der Waals surface area contributed by atoms with Crippen molar-refractivity contribution in [3.8, 4) is 22.8 Å². The number of pyridine rings is 1. The van der Waals surface area contributed by atoms with Gasteiger partial charge in [-0.1, -0.05) is 62.1 Å². The van der Waals surface area contributed by atoms with Crippen LogP contribution in [0.15, 0.2) is 67.3 Å². The first-order valence-electron chi connectivity index (χ1n) is 17.4. The fourth-order valence-electron chi connectivity index (χ4n) is 6.85. The van der Waals surface area contributed by atoms with Gasteiger partial charge >= 0.3 is 5.97 Å². The zero-order valence-corrected chi connectivity index (χ0v) is 30.6. The van der Waals surface area contributed by atoms with Crippen LogP contribution in [0.3, 0.4) is 0 Å². The van der Waals surface area contributed by atoms with Crippen molar-refractivity contribution in [2.75, 3.05) is 20.3 Å². The lowest BCUT2D eigenvalue weighted by Crippen LogP contribution is -2.54. The SMILES string of the molecule is C=CC1CC1(CONS(=O)(=O)C1CC1)NC(=O)C1CC(Oc2cc(-c3ccccc3)nc3cc(OC)ccc23)CN1C(=O)C(CC(=O)O)C(C)(C)C. The number of hydrogen-bond acceptors (Lipinski definition) is 9. The maximum Gasteiger partial charge on any atom is 0.304 e. The number of nitrogens with zero attached hydrogens (tertiary/aromatic N) is 2. The summed E-state index contributed by atoms with van der Waals surface area (Å²) in [5.74, 6) is -2.05. The summed E-state index contributed by atoms with van der Waals surface area (Å²) >= 11 is 0. The van der Waals surface area contributed by atoms with Gasteiger partial charge in [0, 0.05) is 35.4 Å². The van der Waals surface area contributed by atoms with E-state index < -0.39 is 68.5 Å². The first kappa shape index (κ1) is 37.2. The average molecular weight is 735 g/mol. The number of carbonyl (C=O) groups excluding carboxylic acids is 2. The third kappa shape index (κ3) is 8.08. The van der Waals surface area contributed by atoms with Gasteiger partial charge in [0.1, 0.15) is 23.6 Å². The molecule has 1 aromatic heterocycles. The van der Waals surface area contributed by atoms with E-state index in [9.17, 15) is 27.9 Å². The minimum absolute atomic E-state index is 0.0271. The van der Waals surface area contributed by atoms with Crippen molar-refractivity contribution >= 4 is 38.7 Å². The number of hydrogen-bond donors (Lipinski definition) is 3. The molecular weight excluding hydrogens is 689 g/mol. The molecule has 0 radical (unpaired) electrons. The molecule has 2 aliphatic carbocycles. The summed E-state index contributed by atoms with van der Waals surface area (Å²) in [6.45, 7) is 9.15. The number of sulfonamides is 1. The number of fused-ring (bicyclic) bond motifs is 1. The summed E-state index contributed by atoms with van der Waals surface area (Å²) in [4.78, 5) is 54.4. The molecular formula is C38H46N4O9S. The van der Waals surface area contributed by atoms with Crippen LogP contribution in [0.25, 0.3) is 22.2 Å². The lowest BCUT2D eigenvalue weighted by atomic mass is 9.77. The van der Waals surface area contributed by atoms with Crippen molar-refractivity contribution in [3.63, 3.8) is 0 Å². The average Bonchev–Trinajstić information content (AvgIpc) is 4.03. The molecule has 2 amide bonds. The lowest BCUT2D eigenvalue weighted by molar-refractivity contribution is -0.150. The quantitative estimate of drug-likeness (QED) is 0.149. The van der Waals surface area contributed by atoms with Crippen LogP contribution in [0.1, 0.15) is 52.9 Å². The number of likely N-dealkylation sites (tertiary alicyclic amines) is 1. The number of carboxylic acid groups (broad SMARTS) is 1. The Balaban J connectivity index is 1.30. The first-order chi connectivity index (χ1) is 24.6. The minimum Gasteiger partial charge on any atom is -0.497 e. The molecule has 2 aromatic carbocycles. The van der Waals surface area contributed by atoms with Crippen LogP contribution in [-0.2, 0) is 29.2 Å². The van der Waals surface area contributed by atoms with Gasteiger partial charge in [-0.3, -0.25) is 19.2 Å². The Morgan fingerprint density at radius 1 is 1.13 bits per heavy atom. The zero-order chi connectivity index (χ0) is 37.4. The Hall–Kier alpha value is -4.53.